The van der Waals surface area contributed by atoms with Gasteiger partial charge >= 0.3 is 18.1 Å². The average molecular weight is 824 g/mol. The third-order valence-corrected chi connectivity index (χ3v) is 11.8. The predicted molar refractivity (Wildman–Crippen MR) is 205 cm³/mol. The molecule has 1 spiro atoms. The van der Waals surface area contributed by atoms with Gasteiger partial charge in [0.15, 0.2) is 5.82 Å². The van der Waals surface area contributed by atoms with E-state index in [1.165, 1.54) is 23.1 Å². The van der Waals surface area contributed by atoms with Crippen LogP contribution in [0, 0.1) is 38.0 Å². The molecule has 3 aliphatic rings. The van der Waals surface area contributed by atoms with Crippen LogP contribution in [-0.2, 0) is 9.59 Å². The normalized spacial score (nSPS) is 16.8. The Labute approximate surface area is 334 Å². The number of carbonyl (C=O) groups is 4. The number of nitrogens with two attached hydrogens (primary N) is 1. The van der Waals surface area contributed by atoms with Crippen LogP contribution >= 0.6 is 22.9 Å². The van der Waals surface area contributed by atoms with Gasteiger partial charge in [-0.15, -0.1) is 21.5 Å². The molecule has 57 heavy (non-hydrogen) atoms. The molecule has 2 aromatic carbocycles. The third-order valence-electron chi connectivity index (χ3n) is 10.3. The van der Waals surface area contributed by atoms with Crippen LogP contribution in [-0.4, -0.2) is 103 Å². The summed E-state index contributed by atoms with van der Waals surface area (Å²) in [6.45, 7) is 8.55. The fourth-order valence-electron chi connectivity index (χ4n) is 7.16. The van der Waals surface area contributed by atoms with Crippen LogP contribution in [0.5, 0.6) is 0 Å². The summed E-state index contributed by atoms with van der Waals surface area (Å²) in [7, 11) is 0. The van der Waals surface area contributed by atoms with Crippen LogP contribution in [0.15, 0.2) is 47.5 Å². The van der Waals surface area contributed by atoms with Gasteiger partial charge in [0.1, 0.15) is 16.9 Å². The number of alkyl halides is 3. The van der Waals surface area contributed by atoms with Gasteiger partial charge in [0.25, 0.3) is 5.91 Å². The Morgan fingerprint density at radius 1 is 1.00 bits per heavy atom. The van der Waals surface area contributed by atoms with Crippen LogP contribution < -0.4 is 5.73 Å². The molecule has 0 aliphatic carbocycles. The number of aliphatic imine (C=N–C) groups is 1. The number of aliphatic carboxylic acids is 1. The highest BCUT2D eigenvalue weighted by atomic mass is 35.5. The fourth-order valence-corrected chi connectivity index (χ4v) is 8.50. The zero-order chi connectivity index (χ0) is 41.4. The predicted octanol–water partition coefficient (Wildman–Crippen LogP) is 5.60. The van der Waals surface area contributed by atoms with Crippen molar-refractivity contribution in [3.05, 3.63) is 97.4 Å². The number of carboxylic acids is 2. The summed E-state index contributed by atoms with van der Waals surface area (Å²) in [4.78, 5) is 57.9. The Hall–Kier alpha value is -5.57. The molecule has 2 amide bonds. The first-order valence-electron chi connectivity index (χ1n) is 17.7. The van der Waals surface area contributed by atoms with E-state index in [2.05, 4.69) is 40.5 Å². The van der Waals surface area contributed by atoms with Crippen LogP contribution in [0.2, 0.25) is 5.02 Å². The lowest BCUT2D eigenvalue weighted by atomic mass is 9.71. The van der Waals surface area contributed by atoms with Crippen LogP contribution in [0.1, 0.15) is 84.8 Å². The van der Waals surface area contributed by atoms with Crippen LogP contribution in [0.25, 0.3) is 5.00 Å². The number of rotatable bonds is 5. The van der Waals surface area contributed by atoms with Gasteiger partial charge in [-0.25, -0.2) is 9.59 Å². The lowest BCUT2D eigenvalue weighted by Crippen LogP contribution is -2.62. The number of nitrogens with zero attached hydrogens (tertiary/aromatic N) is 6. The molecular formula is C39H37ClF3N7O6S. The number of hydrogen-bond donors (Lipinski definition) is 3. The van der Waals surface area contributed by atoms with Crippen molar-refractivity contribution in [1.82, 2.24) is 24.6 Å². The SMILES string of the molecule is Cc1sc2c(c1C)C(c1ccc(Cl)cc1)=N[C@@H](CC(=O)N1CC3(CCN(C(=O)c4ccc(C(=O)O)c(C#CCN)c4)CC3)C1)c1nnc(C)n1-2.O=C(O)C(F)(F)F. The Morgan fingerprint density at radius 2 is 1.65 bits per heavy atom. The molecule has 2 aromatic heterocycles. The number of aromatic carboxylic acids is 1. The molecule has 4 aromatic rings. The lowest BCUT2D eigenvalue weighted by molar-refractivity contribution is -0.192. The molecule has 1 atom stereocenters. The van der Waals surface area contributed by atoms with E-state index in [4.69, 9.17) is 32.2 Å². The zero-order valence-corrected chi connectivity index (χ0v) is 32.6. The molecule has 0 unspecified atom stereocenters. The number of thiophene rings is 1. The molecule has 4 N–H and O–H groups in total. The Kier molecular flexibility index (Phi) is 11.6. The summed E-state index contributed by atoms with van der Waals surface area (Å²) < 4.78 is 33.8. The van der Waals surface area contributed by atoms with Crippen molar-refractivity contribution in [2.24, 2.45) is 16.1 Å². The number of benzene rings is 2. The van der Waals surface area contributed by atoms with Crippen molar-refractivity contribution >= 4 is 52.4 Å². The van der Waals surface area contributed by atoms with E-state index in [1.54, 1.807) is 16.2 Å². The smallest absolute Gasteiger partial charge is 0.478 e. The number of hydrogen-bond acceptors (Lipinski definition) is 9. The number of carboxylic acid groups (broad SMARTS) is 2. The topological polar surface area (TPSA) is 184 Å². The standard InChI is InChI=1S/C37H36ClN7O4S.C2HF3O2/c1-21-22(2)50-35-31(21)32(24-6-9-27(38)10-7-24)40-29(33-42-41-23(3)45(33)35)18-30(46)44-19-37(20-44)12-15-43(16-13-37)34(47)26-8-11-28(36(48)49)25(17-26)5-4-14-39;3-2(4,5)1(6)7/h6-11,17,29H,12-16,18-20,39H2,1-3H3,(H,48,49);(H,6,7)/t29-;/m0./s1. The van der Waals surface area contributed by atoms with Gasteiger partial charge in [0, 0.05) is 63.7 Å². The van der Waals surface area contributed by atoms with Gasteiger partial charge in [-0.1, -0.05) is 35.6 Å². The van der Waals surface area contributed by atoms with Gasteiger partial charge in [-0.2, -0.15) is 13.2 Å². The second-order valence-electron chi connectivity index (χ2n) is 14.0. The monoisotopic (exact) mass is 823 g/mol. The van der Waals surface area contributed by atoms with Crippen molar-refractivity contribution < 1.29 is 42.6 Å². The highest BCUT2D eigenvalue weighted by Gasteiger charge is 2.48. The first-order valence-corrected chi connectivity index (χ1v) is 18.9. The van der Waals surface area contributed by atoms with E-state index in [0.29, 0.717) is 42.6 Å². The van der Waals surface area contributed by atoms with Gasteiger partial charge in [-0.05, 0) is 69.5 Å². The maximum absolute atomic E-state index is 13.9. The molecule has 13 nitrogen and oxygen atoms in total. The van der Waals surface area contributed by atoms with Crippen LogP contribution in [0.3, 0.4) is 0 Å². The Balaban J connectivity index is 0.000000719. The summed E-state index contributed by atoms with van der Waals surface area (Å²) in [6.07, 6.45) is -3.39. The number of carbonyl (C=O) groups excluding carboxylic acids is 2. The Bertz CT molecular complexity index is 2350. The van der Waals surface area contributed by atoms with E-state index < -0.39 is 24.2 Å². The minimum absolute atomic E-state index is 0.00772. The van der Waals surface area contributed by atoms with E-state index in [1.807, 2.05) is 36.1 Å². The molecule has 7 rings (SSSR count). The Morgan fingerprint density at radius 3 is 2.25 bits per heavy atom. The molecule has 2 saturated heterocycles. The minimum atomic E-state index is -5.08. The highest BCUT2D eigenvalue weighted by molar-refractivity contribution is 7.15. The van der Waals surface area contributed by atoms with E-state index in [0.717, 1.165) is 46.1 Å². The van der Waals surface area contributed by atoms with E-state index in [-0.39, 0.29) is 41.3 Å². The quantitative estimate of drug-likeness (QED) is 0.216. The van der Waals surface area contributed by atoms with Crippen molar-refractivity contribution in [1.29, 1.82) is 0 Å². The second kappa shape index (κ2) is 16.1. The largest absolute Gasteiger partial charge is 0.490 e. The summed E-state index contributed by atoms with van der Waals surface area (Å²) in [5.74, 6) is 2.82. The molecule has 0 radical (unpaired) electrons. The number of piperidine rings is 1. The maximum Gasteiger partial charge on any atom is 0.490 e. The summed E-state index contributed by atoms with van der Waals surface area (Å²) >= 11 is 7.92. The minimum Gasteiger partial charge on any atom is -0.478 e. The average Bonchev–Trinajstić information content (AvgIpc) is 3.64. The summed E-state index contributed by atoms with van der Waals surface area (Å²) in [5, 5.41) is 27.2. The van der Waals surface area contributed by atoms with Crippen molar-refractivity contribution in [2.45, 2.75) is 52.3 Å². The van der Waals surface area contributed by atoms with E-state index in [9.17, 15) is 32.7 Å². The lowest BCUT2D eigenvalue weighted by Gasteiger charge is -2.54. The molecule has 18 heteroatoms. The van der Waals surface area contributed by atoms with E-state index >= 15 is 0 Å². The third kappa shape index (κ3) is 8.43. The molecule has 5 heterocycles. The van der Waals surface area contributed by atoms with Gasteiger partial charge in [0.05, 0.1) is 24.2 Å². The number of likely N-dealkylation sites (tertiary alicyclic amines) is 2. The maximum atomic E-state index is 13.9. The molecule has 3 aliphatic heterocycles. The van der Waals surface area contributed by atoms with Crippen molar-refractivity contribution in [3.8, 4) is 16.8 Å². The van der Waals surface area contributed by atoms with Gasteiger partial charge < -0.3 is 25.7 Å². The fraction of sp³-hybridized carbons (Fsp3) is 0.359. The van der Waals surface area contributed by atoms with Crippen molar-refractivity contribution in [2.75, 3.05) is 32.7 Å². The van der Waals surface area contributed by atoms with Gasteiger partial charge in [0.2, 0.25) is 5.91 Å². The first kappa shape index (κ1) is 41.1. The molecule has 0 saturated carbocycles. The zero-order valence-electron chi connectivity index (χ0n) is 31.0. The summed E-state index contributed by atoms with van der Waals surface area (Å²) in [6, 6.07) is 11.6. The molecule has 0 bridgehead atoms. The summed E-state index contributed by atoms with van der Waals surface area (Å²) in [5.41, 5.74) is 10.0. The first-order chi connectivity index (χ1) is 26.9. The molecular weight excluding hydrogens is 787 g/mol. The van der Waals surface area contributed by atoms with Crippen molar-refractivity contribution in [3.63, 3.8) is 0 Å². The number of aromatic nitrogens is 3. The molecule has 298 valence electrons. The number of fused-ring (bicyclic) bond motifs is 3. The second-order valence-corrected chi connectivity index (χ2v) is 15.7. The number of aryl methyl sites for hydroxylation is 2. The van der Waals surface area contributed by atoms with Crippen LogP contribution in [0.4, 0.5) is 13.2 Å². The highest BCUT2D eigenvalue weighted by Crippen LogP contribution is 2.43. The molecule has 2 fully saturated rings. The van der Waals surface area contributed by atoms with Gasteiger partial charge in [-0.3, -0.25) is 19.1 Å². The number of halogens is 4. The number of amides is 2.